The van der Waals surface area contributed by atoms with Gasteiger partial charge in [-0.25, -0.2) is 8.78 Å². The van der Waals surface area contributed by atoms with Gasteiger partial charge in [-0.15, -0.1) is 4.31 Å². The topological polar surface area (TPSA) is 58.6 Å². The van der Waals surface area contributed by atoms with E-state index in [9.17, 15) is 18.1 Å². The van der Waals surface area contributed by atoms with E-state index in [-0.39, 0.29) is 18.7 Å². The third-order valence-corrected chi connectivity index (χ3v) is 8.27. The number of rotatable bonds is 6. The van der Waals surface area contributed by atoms with Gasteiger partial charge in [0.25, 0.3) is 5.91 Å². The lowest BCUT2D eigenvalue weighted by atomic mass is 9.78. The Balaban J connectivity index is 1.74. The highest BCUT2D eigenvalue weighted by atomic mass is 32.2. The van der Waals surface area contributed by atoms with Crippen molar-refractivity contribution in [1.82, 2.24) is 14.5 Å². The third-order valence-electron chi connectivity index (χ3n) is 6.84. The minimum atomic E-state index is -2.64. The van der Waals surface area contributed by atoms with E-state index in [4.69, 9.17) is 0 Å². The zero-order chi connectivity index (χ0) is 22.8. The minimum absolute atomic E-state index is 0.141. The number of alkyl halides is 2. The van der Waals surface area contributed by atoms with Crippen molar-refractivity contribution in [1.29, 1.82) is 0 Å². The van der Waals surface area contributed by atoms with Crippen LogP contribution in [0.15, 0.2) is 12.1 Å². The van der Waals surface area contributed by atoms with Crippen LogP contribution in [-0.4, -0.2) is 69.6 Å². The van der Waals surface area contributed by atoms with Crippen molar-refractivity contribution in [2.24, 2.45) is 0 Å². The molecule has 0 spiro atoms. The average Bonchev–Trinajstić information content (AvgIpc) is 2.72. The number of piperazine rings is 1. The Kier molecular flexibility index (Phi) is 7.66. The van der Waals surface area contributed by atoms with Gasteiger partial charge < -0.3 is 9.87 Å². The molecule has 1 N–H and O–H groups in total. The largest absolute Gasteiger partial charge is 0.598 e. The van der Waals surface area contributed by atoms with Crippen LogP contribution < -0.4 is 5.32 Å². The lowest BCUT2D eigenvalue weighted by molar-refractivity contribution is -0.0856. The molecule has 3 rings (SSSR count). The molecule has 8 heteroatoms. The molecule has 1 amide bonds. The van der Waals surface area contributed by atoms with Gasteiger partial charge in [-0.3, -0.25) is 9.69 Å². The van der Waals surface area contributed by atoms with Crippen LogP contribution in [0.25, 0.3) is 0 Å². The van der Waals surface area contributed by atoms with E-state index in [1.54, 1.807) is 0 Å². The van der Waals surface area contributed by atoms with Crippen molar-refractivity contribution in [3.05, 3.63) is 34.4 Å². The Hall–Kier alpha value is -1.22. The monoisotopic (exact) mass is 455 g/mol. The first-order valence-corrected chi connectivity index (χ1v) is 12.5. The van der Waals surface area contributed by atoms with Crippen LogP contribution >= 0.6 is 0 Å². The quantitative estimate of drug-likeness (QED) is 0.666. The first kappa shape index (κ1) is 24.4. The zero-order valence-corrected chi connectivity index (χ0v) is 19.9. The standard InChI is InChI=1S/C23H35F2N3O2S/c1-5-31(30)28-12-10-27(11-13-28)22(6-8-23(24,25)9-7-22)16-26-21(29)20-18(3)14-17(2)15-19(20)4/h14-15H,5-13,16H2,1-4H3,(H,26,29). The molecule has 1 saturated carbocycles. The van der Waals surface area contributed by atoms with Crippen molar-refractivity contribution in [3.8, 4) is 0 Å². The van der Waals surface area contributed by atoms with Crippen LogP contribution in [-0.2, 0) is 11.4 Å². The molecule has 1 aromatic carbocycles. The molecule has 2 aliphatic rings. The van der Waals surface area contributed by atoms with Gasteiger partial charge in [0, 0.05) is 54.9 Å². The summed E-state index contributed by atoms with van der Waals surface area (Å²) in [4.78, 5) is 15.3. The molecule has 1 aliphatic carbocycles. The zero-order valence-electron chi connectivity index (χ0n) is 19.1. The van der Waals surface area contributed by atoms with Crippen LogP contribution in [0.1, 0.15) is 59.7 Å². The molecule has 0 aromatic heterocycles. The SMILES string of the molecule is CC[S+]([O-])N1CCN(C2(CNC(=O)c3c(C)cc(C)cc3C)CCC(F)(F)CC2)CC1. The summed E-state index contributed by atoms with van der Waals surface area (Å²) < 4.78 is 42.1. The number of benzene rings is 1. The highest BCUT2D eigenvalue weighted by Gasteiger charge is 2.47. The van der Waals surface area contributed by atoms with Crippen LogP contribution in [0.2, 0.25) is 0 Å². The number of aryl methyl sites for hydroxylation is 3. The summed E-state index contributed by atoms with van der Waals surface area (Å²) in [7, 11) is 0. The van der Waals surface area contributed by atoms with E-state index in [2.05, 4.69) is 10.2 Å². The molecule has 0 bridgehead atoms. The number of carbonyl (C=O) groups is 1. The lowest BCUT2D eigenvalue weighted by Crippen LogP contribution is -2.63. The maximum absolute atomic E-state index is 14.0. The predicted octanol–water partition coefficient (Wildman–Crippen LogP) is 3.59. The third kappa shape index (κ3) is 5.59. The molecular formula is C23H35F2N3O2S. The van der Waals surface area contributed by atoms with Gasteiger partial charge in [0.2, 0.25) is 5.92 Å². The van der Waals surface area contributed by atoms with Crippen molar-refractivity contribution in [3.63, 3.8) is 0 Å². The maximum atomic E-state index is 14.0. The molecular weight excluding hydrogens is 420 g/mol. The molecule has 1 aliphatic heterocycles. The van der Waals surface area contributed by atoms with Crippen molar-refractivity contribution < 1.29 is 18.1 Å². The summed E-state index contributed by atoms with van der Waals surface area (Å²) >= 11 is -0.986. The fourth-order valence-corrected chi connectivity index (χ4v) is 6.04. The second-order valence-electron chi connectivity index (χ2n) is 9.06. The summed E-state index contributed by atoms with van der Waals surface area (Å²) in [6.07, 6.45) is 0.380. The van der Waals surface area contributed by atoms with Crippen molar-refractivity contribution in [2.45, 2.75) is 64.8 Å². The Morgan fingerprint density at radius 1 is 1.06 bits per heavy atom. The van der Waals surface area contributed by atoms with Crippen molar-refractivity contribution in [2.75, 3.05) is 38.5 Å². The van der Waals surface area contributed by atoms with E-state index in [1.807, 2.05) is 44.1 Å². The highest BCUT2D eigenvalue weighted by Crippen LogP contribution is 2.42. The number of nitrogens with one attached hydrogen (secondary N) is 1. The van der Waals surface area contributed by atoms with Gasteiger partial charge in [-0.1, -0.05) is 17.7 Å². The van der Waals surface area contributed by atoms with Crippen LogP contribution in [0.5, 0.6) is 0 Å². The summed E-state index contributed by atoms with van der Waals surface area (Å²) in [5.41, 5.74) is 3.15. The Bertz CT molecular complexity index is 764. The molecule has 2 fully saturated rings. The molecule has 0 radical (unpaired) electrons. The summed E-state index contributed by atoms with van der Waals surface area (Å²) in [5, 5.41) is 3.08. The smallest absolute Gasteiger partial charge is 0.251 e. The molecule has 1 atom stereocenters. The van der Waals surface area contributed by atoms with Gasteiger partial charge >= 0.3 is 0 Å². The fourth-order valence-electron chi connectivity index (χ4n) is 5.11. The molecule has 31 heavy (non-hydrogen) atoms. The van der Waals surface area contributed by atoms with E-state index < -0.39 is 22.8 Å². The normalized spacial score (nSPS) is 22.8. The summed E-state index contributed by atoms with van der Waals surface area (Å²) in [6, 6.07) is 3.98. The number of halogens is 2. The van der Waals surface area contributed by atoms with Gasteiger partial charge in [0.1, 0.15) is 5.75 Å². The Labute approximate surface area is 187 Å². The lowest BCUT2D eigenvalue weighted by Gasteiger charge is -2.50. The number of carbonyl (C=O) groups excluding carboxylic acids is 1. The van der Waals surface area contributed by atoms with E-state index in [0.717, 1.165) is 16.7 Å². The van der Waals surface area contributed by atoms with Crippen molar-refractivity contribution >= 4 is 17.3 Å². The fraction of sp³-hybridized carbons (Fsp3) is 0.696. The molecule has 174 valence electrons. The molecule has 1 aromatic rings. The van der Waals surface area contributed by atoms with E-state index >= 15 is 0 Å². The first-order valence-electron chi connectivity index (χ1n) is 11.2. The van der Waals surface area contributed by atoms with Crippen LogP contribution in [0.3, 0.4) is 0 Å². The highest BCUT2D eigenvalue weighted by molar-refractivity contribution is 7.89. The van der Waals surface area contributed by atoms with Crippen LogP contribution in [0.4, 0.5) is 8.78 Å². The molecule has 1 unspecified atom stereocenters. The molecule has 1 heterocycles. The van der Waals surface area contributed by atoms with E-state index in [1.165, 1.54) is 0 Å². The maximum Gasteiger partial charge on any atom is 0.251 e. The Morgan fingerprint density at radius 3 is 2.13 bits per heavy atom. The number of hydrogen-bond donors (Lipinski definition) is 1. The number of amides is 1. The Morgan fingerprint density at radius 2 is 1.61 bits per heavy atom. The number of nitrogens with zero attached hydrogens (tertiary/aromatic N) is 2. The molecule has 1 saturated heterocycles. The summed E-state index contributed by atoms with van der Waals surface area (Å²) in [5.74, 6) is -2.19. The minimum Gasteiger partial charge on any atom is -0.598 e. The van der Waals surface area contributed by atoms with Gasteiger partial charge in [0.15, 0.2) is 0 Å². The predicted molar refractivity (Wildman–Crippen MR) is 121 cm³/mol. The number of hydrogen-bond acceptors (Lipinski definition) is 4. The van der Waals surface area contributed by atoms with E-state index in [0.29, 0.717) is 56.9 Å². The summed E-state index contributed by atoms with van der Waals surface area (Å²) in [6.45, 7) is 10.8. The first-order chi connectivity index (χ1) is 14.6. The second kappa shape index (κ2) is 9.73. The van der Waals surface area contributed by atoms with Gasteiger partial charge in [-0.2, -0.15) is 0 Å². The van der Waals surface area contributed by atoms with Gasteiger partial charge in [-0.05, 0) is 51.7 Å². The molecule has 5 nitrogen and oxygen atoms in total. The second-order valence-corrected chi connectivity index (χ2v) is 10.8. The van der Waals surface area contributed by atoms with Crippen LogP contribution in [0, 0.1) is 20.8 Å². The average molecular weight is 456 g/mol. The van der Waals surface area contributed by atoms with Gasteiger partial charge in [0.05, 0.1) is 13.1 Å².